The summed E-state index contributed by atoms with van der Waals surface area (Å²) in [5.41, 5.74) is 1.28. The van der Waals surface area contributed by atoms with E-state index in [4.69, 9.17) is 4.74 Å². The average molecular weight is 264 g/mol. The topological polar surface area (TPSA) is 35.9 Å². The van der Waals surface area contributed by atoms with Gasteiger partial charge in [-0.3, -0.25) is 9.80 Å². The van der Waals surface area contributed by atoms with Crippen molar-refractivity contribution in [1.29, 1.82) is 0 Å². The Balaban J connectivity index is 1.70. The molecule has 1 saturated heterocycles. The molecule has 1 aromatic carbocycles. The molecular formula is C15H24N2O2. The van der Waals surface area contributed by atoms with Gasteiger partial charge in [-0.05, 0) is 12.6 Å². The molecule has 4 heteroatoms. The molecule has 0 spiro atoms. The number of hydrogen-bond acceptors (Lipinski definition) is 4. The van der Waals surface area contributed by atoms with E-state index in [0.29, 0.717) is 6.54 Å². The van der Waals surface area contributed by atoms with Gasteiger partial charge in [0.05, 0.1) is 19.3 Å². The number of likely N-dealkylation sites (N-methyl/N-ethyl adjacent to an activating group) is 1. The van der Waals surface area contributed by atoms with E-state index < -0.39 is 0 Å². The molecule has 2 rings (SSSR count). The molecule has 19 heavy (non-hydrogen) atoms. The molecule has 1 aliphatic heterocycles. The lowest BCUT2D eigenvalue weighted by Gasteiger charge is -2.30. The van der Waals surface area contributed by atoms with E-state index in [1.54, 1.807) is 0 Å². The summed E-state index contributed by atoms with van der Waals surface area (Å²) >= 11 is 0. The number of benzene rings is 1. The van der Waals surface area contributed by atoms with E-state index in [1.165, 1.54) is 5.56 Å². The molecule has 1 fully saturated rings. The number of rotatable bonds is 6. The smallest absolute Gasteiger partial charge is 0.0793 e. The molecule has 1 heterocycles. The number of ether oxygens (including phenoxy) is 1. The van der Waals surface area contributed by atoms with Gasteiger partial charge in [0.15, 0.2) is 0 Å². The zero-order valence-electron chi connectivity index (χ0n) is 11.7. The molecule has 106 valence electrons. The quantitative estimate of drug-likeness (QED) is 0.825. The highest BCUT2D eigenvalue weighted by atomic mass is 16.5. The Bertz CT molecular complexity index is 352. The molecule has 1 aromatic rings. The fourth-order valence-corrected chi connectivity index (χ4v) is 2.46. The second-order valence-electron chi connectivity index (χ2n) is 5.25. The number of β-amino-alcohol motifs (C(OH)–C–C–N with tert-alkyl or cyclic N) is 1. The fourth-order valence-electron chi connectivity index (χ4n) is 2.46. The lowest BCUT2D eigenvalue weighted by Crippen LogP contribution is -2.43. The molecule has 1 N–H and O–H groups in total. The van der Waals surface area contributed by atoms with E-state index in [9.17, 15) is 5.11 Å². The van der Waals surface area contributed by atoms with E-state index in [-0.39, 0.29) is 6.10 Å². The average Bonchev–Trinajstić information content (AvgIpc) is 2.40. The second-order valence-corrected chi connectivity index (χ2v) is 5.25. The fraction of sp³-hybridized carbons (Fsp3) is 0.600. The van der Waals surface area contributed by atoms with Crippen LogP contribution >= 0.6 is 0 Å². The molecule has 0 bridgehead atoms. The number of aliphatic hydroxyl groups excluding tert-OH is 1. The molecule has 1 aliphatic rings. The van der Waals surface area contributed by atoms with E-state index in [1.807, 2.05) is 18.2 Å². The van der Waals surface area contributed by atoms with Crippen LogP contribution in [0.2, 0.25) is 0 Å². The first kappa shape index (κ1) is 14.5. The molecular weight excluding hydrogens is 240 g/mol. The van der Waals surface area contributed by atoms with Gasteiger partial charge < -0.3 is 9.84 Å². The molecule has 4 nitrogen and oxygen atoms in total. The van der Waals surface area contributed by atoms with Crippen molar-refractivity contribution in [3.8, 4) is 0 Å². The molecule has 0 aliphatic carbocycles. The Kier molecular flexibility index (Phi) is 5.79. The Labute approximate surface area is 115 Å². The van der Waals surface area contributed by atoms with Crippen molar-refractivity contribution >= 4 is 0 Å². The van der Waals surface area contributed by atoms with Crippen LogP contribution in [0.15, 0.2) is 30.3 Å². The van der Waals surface area contributed by atoms with Crippen molar-refractivity contribution in [2.24, 2.45) is 0 Å². The van der Waals surface area contributed by atoms with Gasteiger partial charge in [0.1, 0.15) is 0 Å². The number of nitrogens with zero attached hydrogens (tertiary/aromatic N) is 2. The normalized spacial score (nSPS) is 18.7. The summed E-state index contributed by atoms with van der Waals surface area (Å²) in [5.74, 6) is 0. The van der Waals surface area contributed by atoms with Gasteiger partial charge in [-0.15, -0.1) is 0 Å². The van der Waals surface area contributed by atoms with Crippen LogP contribution < -0.4 is 0 Å². The van der Waals surface area contributed by atoms with Gasteiger partial charge in [0.25, 0.3) is 0 Å². The minimum atomic E-state index is -0.299. The maximum atomic E-state index is 10.1. The minimum absolute atomic E-state index is 0.299. The Morgan fingerprint density at radius 1 is 1.26 bits per heavy atom. The highest BCUT2D eigenvalue weighted by Crippen LogP contribution is 2.04. The van der Waals surface area contributed by atoms with Crippen molar-refractivity contribution in [3.63, 3.8) is 0 Å². The van der Waals surface area contributed by atoms with E-state index >= 15 is 0 Å². The summed E-state index contributed by atoms with van der Waals surface area (Å²) in [6.45, 7) is 5.74. The lowest BCUT2D eigenvalue weighted by atomic mass is 10.2. The van der Waals surface area contributed by atoms with Gasteiger partial charge in [0.2, 0.25) is 0 Å². The highest BCUT2D eigenvalue weighted by Gasteiger charge is 2.16. The minimum Gasteiger partial charge on any atom is -0.390 e. The first-order valence-corrected chi connectivity index (χ1v) is 6.94. The van der Waals surface area contributed by atoms with Gasteiger partial charge in [-0.2, -0.15) is 0 Å². The Morgan fingerprint density at radius 3 is 2.63 bits per heavy atom. The van der Waals surface area contributed by atoms with Crippen LogP contribution in [0, 0.1) is 0 Å². The monoisotopic (exact) mass is 264 g/mol. The Morgan fingerprint density at radius 2 is 1.95 bits per heavy atom. The summed E-state index contributed by atoms with van der Waals surface area (Å²) in [4.78, 5) is 4.44. The van der Waals surface area contributed by atoms with Crippen LogP contribution in [-0.4, -0.2) is 67.5 Å². The predicted molar refractivity (Wildman–Crippen MR) is 76.0 cm³/mol. The van der Waals surface area contributed by atoms with Gasteiger partial charge in [-0.25, -0.2) is 0 Å². The summed E-state index contributed by atoms with van der Waals surface area (Å²) in [7, 11) is 2.05. The van der Waals surface area contributed by atoms with Crippen molar-refractivity contribution in [3.05, 3.63) is 35.9 Å². The molecule has 1 atom stereocenters. The van der Waals surface area contributed by atoms with Gasteiger partial charge >= 0.3 is 0 Å². The van der Waals surface area contributed by atoms with Gasteiger partial charge in [0, 0.05) is 32.7 Å². The zero-order valence-corrected chi connectivity index (χ0v) is 11.7. The largest absolute Gasteiger partial charge is 0.390 e. The number of morpholine rings is 1. The SMILES string of the molecule is CN(Cc1ccccc1)CC(O)CN1CCOCC1. The molecule has 0 radical (unpaired) electrons. The summed E-state index contributed by atoms with van der Waals surface area (Å²) in [6, 6.07) is 10.4. The first-order valence-electron chi connectivity index (χ1n) is 6.94. The number of aliphatic hydroxyl groups is 1. The predicted octanol–water partition coefficient (Wildman–Crippen LogP) is 0.811. The van der Waals surface area contributed by atoms with E-state index in [0.717, 1.165) is 39.4 Å². The van der Waals surface area contributed by atoms with Crippen LogP contribution in [0.3, 0.4) is 0 Å². The summed E-state index contributed by atoms with van der Waals surface area (Å²) in [5, 5.41) is 10.1. The van der Waals surface area contributed by atoms with Crippen molar-refractivity contribution in [1.82, 2.24) is 9.80 Å². The summed E-state index contributed by atoms with van der Waals surface area (Å²) < 4.78 is 5.31. The second kappa shape index (κ2) is 7.60. The maximum absolute atomic E-state index is 10.1. The standard InChI is InChI=1S/C15H24N2O2/c1-16(11-14-5-3-2-4-6-14)12-15(18)13-17-7-9-19-10-8-17/h2-6,15,18H,7-13H2,1H3. The Hall–Kier alpha value is -0.940. The molecule has 0 amide bonds. The van der Waals surface area contributed by atoms with Crippen LogP contribution in [0.1, 0.15) is 5.56 Å². The molecule has 1 unspecified atom stereocenters. The van der Waals surface area contributed by atoms with Crippen molar-refractivity contribution in [2.45, 2.75) is 12.6 Å². The summed E-state index contributed by atoms with van der Waals surface area (Å²) in [6.07, 6.45) is -0.299. The van der Waals surface area contributed by atoms with Gasteiger partial charge in [-0.1, -0.05) is 30.3 Å². The number of hydrogen-bond donors (Lipinski definition) is 1. The van der Waals surface area contributed by atoms with Crippen LogP contribution in [0.25, 0.3) is 0 Å². The van der Waals surface area contributed by atoms with Crippen LogP contribution in [0.4, 0.5) is 0 Å². The third-order valence-electron chi connectivity index (χ3n) is 3.39. The van der Waals surface area contributed by atoms with Crippen LogP contribution in [0.5, 0.6) is 0 Å². The van der Waals surface area contributed by atoms with Crippen molar-refractivity contribution < 1.29 is 9.84 Å². The molecule has 0 aromatic heterocycles. The van der Waals surface area contributed by atoms with Crippen LogP contribution in [-0.2, 0) is 11.3 Å². The highest BCUT2D eigenvalue weighted by molar-refractivity contribution is 5.14. The lowest BCUT2D eigenvalue weighted by molar-refractivity contribution is 0.00825. The maximum Gasteiger partial charge on any atom is 0.0793 e. The first-order chi connectivity index (χ1) is 9.24. The zero-order chi connectivity index (χ0) is 13.5. The molecule has 0 saturated carbocycles. The third kappa shape index (κ3) is 5.28. The third-order valence-corrected chi connectivity index (χ3v) is 3.39. The van der Waals surface area contributed by atoms with Crippen molar-refractivity contribution in [2.75, 3.05) is 46.4 Å². The van der Waals surface area contributed by atoms with E-state index in [2.05, 4.69) is 29.0 Å².